The molecule has 1 saturated heterocycles. The first-order chi connectivity index (χ1) is 9.67. The molecular weight excluding hydrogens is 307 g/mol. The fourth-order valence-electron chi connectivity index (χ4n) is 2.50. The standard InChI is InChI=1S/C13H16F3NO3S/c1-9-11(13(14,15)16)3-2-4-12(9)21(19,20)17-6-5-10(7-17)8-18/h2-4,10,18H,5-8H2,1H3. The van der Waals surface area contributed by atoms with Crippen LogP contribution in [-0.2, 0) is 16.2 Å². The molecule has 0 aliphatic carbocycles. The summed E-state index contributed by atoms with van der Waals surface area (Å²) in [5.41, 5.74) is -1.24. The number of hydrogen-bond donors (Lipinski definition) is 1. The van der Waals surface area contributed by atoms with Crippen LogP contribution in [0.15, 0.2) is 23.1 Å². The molecule has 1 atom stereocenters. The zero-order valence-corrected chi connectivity index (χ0v) is 12.2. The topological polar surface area (TPSA) is 57.6 Å². The SMILES string of the molecule is Cc1c(C(F)(F)F)cccc1S(=O)(=O)N1CCC(CO)C1. The summed E-state index contributed by atoms with van der Waals surface area (Å²) in [6.45, 7) is 1.38. The van der Waals surface area contributed by atoms with E-state index in [1.54, 1.807) is 0 Å². The van der Waals surface area contributed by atoms with Crippen LogP contribution in [0.25, 0.3) is 0 Å². The lowest BCUT2D eigenvalue weighted by Gasteiger charge is -2.20. The highest BCUT2D eigenvalue weighted by Crippen LogP contribution is 2.35. The van der Waals surface area contributed by atoms with Gasteiger partial charge in [0.25, 0.3) is 0 Å². The van der Waals surface area contributed by atoms with E-state index in [4.69, 9.17) is 5.11 Å². The third-order valence-corrected chi connectivity index (χ3v) is 5.72. The van der Waals surface area contributed by atoms with Crippen molar-refractivity contribution in [2.75, 3.05) is 19.7 Å². The normalized spacial score (nSPS) is 20.9. The second-order valence-corrected chi connectivity index (χ2v) is 7.03. The summed E-state index contributed by atoms with van der Waals surface area (Å²) in [4.78, 5) is -0.323. The van der Waals surface area contributed by atoms with E-state index in [0.717, 1.165) is 23.4 Å². The van der Waals surface area contributed by atoms with Gasteiger partial charge in [0, 0.05) is 19.7 Å². The smallest absolute Gasteiger partial charge is 0.396 e. The van der Waals surface area contributed by atoms with Crippen molar-refractivity contribution in [1.82, 2.24) is 4.31 Å². The number of rotatable bonds is 3. The molecule has 1 N–H and O–H groups in total. The molecule has 21 heavy (non-hydrogen) atoms. The van der Waals surface area contributed by atoms with Gasteiger partial charge in [0.15, 0.2) is 0 Å². The molecule has 0 aromatic heterocycles. The van der Waals surface area contributed by atoms with Crippen molar-refractivity contribution in [1.29, 1.82) is 0 Å². The van der Waals surface area contributed by atoms with Crippen LogP contribution >= 0.6 is 0 Å². The summed E-state index contributed by atoms with van der Waals surface area (Å²) in [5.74, 6) is -0.161. The third kappa shape index (κ3) is 3.07. The Labute approximate surface area is 121 Å². The van der Waals surface area contributed by atoms with E-state index in [-0.39, 0.29) is 36.1 Å². The van der Waals surface area contributed by atoms with Crippen LogP contribution in [0, 0.1) is 12.8 Å². The van der Waals surface area contributed by atoms with Gasteiger partial charge in [0.2, 0.25) is 10.0 Å². The van der Waals surface area contributed by atoms with Crippen molar-refractivity contribution in [3.63, 3.8) is 0 Å². The molecule has 1 heterocycles. The Hall–Kier alpha value is -1.12. The Kier molecular flexibility index (Phi) is 4.32. The van der Waals surface area contributed by atoms with Gasteiger partial charge < -0.3 is 5.11 Å². The van der Waals surface area contributed by atoms with Crippen LogP contribution < -0.4 is 0 Å². The molecule has 1 unspecified atom stereocenters. The van der Waals surface area contributed by atoms with Crippen molar-refractivity contribution in [2.45, 2.75) is 24.4 Å². The number of alkyl halides is 3. The second kappa shape index (κ2) is 5.58. The lowest BCUT2D eigenvalue weighted by Crippen LogP contribution is -2.30. The van der Waals surface area contributed by atoms with E-state index in [1.807, 2.05) is 0 Å². The molecule has 0 amide bonds. The van der Waals surface area contributed by atoms with Crippen LogP contribution in [0.2, 0.25) is 0 Å². The Morgan fingerprint density at radius 1 is 1.38 bits per heavy atom. The third-order valence-electron chi connectivity index (χ3n) is 3.71. The highest BCUT2D eigenvalue weighted by molar-refractivity contribution is 7.89. The van der Waals surface area contributed by atoms with Gasteiger partial charge in [0.1, 0.15) is 0 Å². The molecule has 4 nitrogen and oxygen atoms in total. The Morgan fingerprint density at radius 3 is 2.57 bits per heavy atom. The lowest BCUT2D eigenvalue weighted by molar-refractivity contribution is -0.138. The fourth-order valence-corrected chi connectivity index (χ4v) is 4.28. The van der Waals surface area contributed by atoms with Gasteiger partial charge in [-0.2, -0.15) is 17.5 Å². The molecule has 118 valence electrons. The van der Waals surface area contributed by atoms with Gasteiger partial charge in [-0.3, -0.25) is 0 Å². The summed E-state index contributed by atoms with van der Waals surface area (Å²) in [6, 6.07) is 3.16. The zero-order valence-electron chi connectivity index (χ0n) is 11.4. The first-order valence-corrected chi connectivity index (χ1v) is 7.89. The summed E-state index contributed by atoms with van der Waals surface area (Å²) in [7, 11) is -3.97. The Bertz CT molecular complexity index is 628. The minimum absolute atomic E-state index is 0.131. The molecule has 1 aliphatic rings. The van der Waals surface area contributed by atoms with Gasteiger partial charge in [0.05, 0.1) is 10.5 Å². The van der Waals surface area contributed by atoms with Gasteiger partial charge in [-0.25, -0.2) is 8.42 Å². The molecular formula is C13H16F3NO3S. The van der Waals surface area contributed by atoms with Gasteiger partial charge in [-0.15, -0.1) is 0 Å². The van der Waals surface area contributed by atoms with Crippen LogP contribution in [0.1, 0.15) is 17.5 Å². The lowest BCUT2D eigenvalue weighted by atomic mass is 10.1. The monoisotopic (exact) mass is 323 g/mol. The van der Waals surface area contributed by atoms with E-state index >= 15 is 0 Å². The van der Waals surface area contributed by atoms with Crippen molar-refractivity contribution in [3.05, 3.63) is 29.3 Å². The minimum Gasteiger partial charge on any atom is -0.396 e. The highest BCUT2D eigenvalue weighted by Gasteiger charge is 2.37. The van der Waals surface area contributed by atoms with Gasteiger partial charge >= 0.3 is 6.18 Å². The largest absolute Gasteiger partial charge is 0.416 e. The predicted molar refractivity (Wildman–Crippen MR) is 70.1 cm³/mol. The van der Waals surface area contributed by atoms with E-state index in [0.29, 0.717) is 6.42 Å². The predicted octanol–water partition coefficient (Wildman–Crippen LogP) is 2.02. The van der Waals surface area contributed by atoms with Crippen LogP contribution in [-0.4, -0.2) is 37.5 Å². The Balaban J connectivity index is 2.42. The molecule has 0 bridgehead atoms. The summed E-state index contributed by atoms with van der Waals surface area (Å²) < 4.78 is 64.7. The molecule has 0 spiro atoms. The van der Waals surface area contributed by atoms with E-state index in [9.17, 15) is 21.6 Å². The highest BCUT2D eigenvalue weighted by atomic mass is 32.2. The molecule has 1 aliphatic heterocycles. The maximum absolute atomic E-state index is 12.9. The van der Waals surface area contributed by atoms with Crippen LogP contribution in [0.5, 0.6) is 0 Å². The zero-order chi connectivity index (χ0) is 15.8. The van der Waals surface area contributed by atoms with Crippen molar-refractivity contribution < 1.29 is 26.7 Å². The number of nitrogens with zero attached hydrogens (tertiary/aromatic N) is 1. The van der Waals surface area contributed by atoms with Crippen molar-refractivity contribution in [3.8, 4) is 0 Å². The maximum Gasteiger partial charge on any atom is 0.416 e. The van der Waals surface area contributed by atoms with Crippen molar-refractivity contribution in [2.24, 2.45) is 5.92 Å². The molecule has 1 aromatic rings. The second-order valence-electron chi connectivity index (χ2n) is 5.13. The number of sulfonamides is 1. The fraction of sp³-hybridized carbons (Fsp3) is 0.538. The molecule has 1 aromatic carbocycles. The first-order valence-electron chi connectivity index (χ1n) is 6.45. The van der Waals surface area contributed by atoms with Crippen molar-refractivity contribution >= 4 is 10.0 Å². The van der Waals surface area contributed by atoms with Crippen LogP contribution in [0.4, 0.5) is 13.2 Å². The number of benzene rings is 1. The van der Waals surface area contributed by atoms with E-state index in [2.05, 4.69) is 0 Å². The Morgan fingerprint density at radius 2 is 2.05 bits per heavy atom. The number of hydrogen-bond acceptors (Lipinski definition) is 3. The number of aliphatic hydroxyl groups excluding tert-OH is 1. The maximum atomic E-state index is 12.9. The first kappa shape index (κ1) is 16.3. The van der Waals surface area contributed by atoms with Gasteiger partial charge in [-0.05, 0) is 37.0 Å². The number of halogens is 3. The molecule has 2 rings (SSSR count). The minimum atomic E-state index is -4.59. The molecule has 1 fully saturated rings. The molecule has 0 radical (unpaired) electrons. The molecule has 8 heteroatoms. The van der Waals surface area contributed by atoms with Crippen LogP contribution in [0.3, 0.4) is 0 Å². The average Bonchev–Trinajstić information content (AvgIpc) is 2.86. The van der Waals surface area contributed by atoms with E-state index in [1.165, 1.54) is 6.07 Å². The molecule has 0 saturated carbocycles. The quantitative estimate of drug-likeness (QED) is 0.926. The summed E-state index contributed by atoms with van der Waals surface area (Å²) in [5, 5.41) is 9.06. The average molecular weight is 323 g/mol. The number of aliphatic hydroxyl groups is 1. The van der Waals surface area contributed by atoms with E-state index < -0.39 is 21.8 Å². The summed E-state index contributed by atoms with van der Waals surface area (Å²) >= 11 is 0. The van der Waals surface area contributed by atoms with Gasteiger partial charge in [-0.1, -0.05) is 6.07 Å². The summed E-state index contributed by atoms with van der Waals surface area (Å²) in [6.07, 6.45) is -4.08.